The quantitative estimate of drug-likeness (QED) is 0.701. The molecule has 0 saturated heterocycles. The fraction of sp³-hybridized carbons (Fsp3) is 0.909. The van der Waals surface area contributed by atoms with Crippen molar-refractivity contribution in [1.82, 2.24) is 5.32 Å². The van der Waals surface area contributed by atoms with Gasteiger partial charge in [0.2, 0.25) is 0 Å². The first-order chi connectivity index (χ1) is 6.31. The number of esters is 1. The summed E-state index contributed by atoms with van der Waals surface area (Å²) in [7, 11) is 0. The van der Waals surface area contributed by atoms with Crippen molar-refractivity contribution in [3.05, 3.63) is 0 Å². The van der Waals surface area contributed by atoms with Gasteiger partial charge in [0.1, 0.15) is 5.60 Å². The lowest BCUT2D eigenvalue weighted by molar-refractivity contribution is -0.153. The number of hydrogen-bond acceptors (Lipinski definition) is 3. The maximum Gasteiger partial charge on any atom is 0.320 e. The van der Waals surface area contributed by atoms with Crippen LogP contribution in [0.5, 0.6) is 0 Å². The highest BCUT2D eigenvalue weighted by Crippen LogP contribution is 2.43. The minimum atomic E-state index is -0.373. The molecule has 3 nitrogen and oxygen atoms in total. The molecule has 1 N–H and O–H groups in total. The van der Waals surface area contributed by atoms with Gasteiger partial charge in [-0.05, 0) is 39.0 Å². The largest absolute Gasteiger partial charge is 0.459 e. The predicted octanol–water partition coefficient (Wildman–Crippen LogP) is 1.72. The zero-order valence-corrected chi connectivity index (χ0v) is 9.64. The van der Waals surface area contributed by atoms with E-state index in [0.717, 1.165) is 6.54 Å². The number of rotatable bonds is 4. The molecule has 0 radical (unpaired) electrons. The molecule has 0 aromatic rings. The summed E-state index contributed by atoms with van der Waals surface area (Å²) in [6, 6.07) is 0. The summed E-state index contributed by atoms with van der Waals surface area (Å²) in [5.74, 6) is -0.165. The zero-order chi connectivity index (χ0) is 10.8. The van der Waals surface area contributed by atoms with Crippen LogP contribution in [-0.4, -0.2) is 24.7 Å². The third-order valence-corrected chi connectivity index (χ3v) is 2.34. The van der Waals surface area contributed by atoms with Crippen molar-refractivity contribution in [2.45, 2.75) is 46.1 Å². The van der Waals surface area contributed by atoms with Crippen molar-refractivity contribution in [1.29, 1.82) is 0 Å². The van der Waals surface area contributed by atoms with Crippen molar-refractivity contribution in [2.24, 2.45) is 5.41 Å². The Balaban J connectivity index is 2.09. The van der Waals surface area contributed by atoms with Crippen LogP contribution in [0.25, 0.3) is 0 Å². The molecule has 1 fully saturated rings. The normalized spacial score (nSPS) is 19.1. The minimum absolute atomic E-state index is 0.165. The van der Waals surface area contributed by atoms with Gasteiger partial charge in [0.05, 0.1) is 6.54 Å². The molecule has 1 saturated carbocycles. The fourth-order valence-corrected chi connectivity index (χ4v) is 1.23. The molecule has 0 aliphatic heterocycles. The molecule has 1 aliphatic carbocycles. The maximum atomic E-state index is 11.3. The van der Waals surface area contributed by atoms with E-state index < -0.39 is 0 Å². The van der Waals surface area contributed by atoms with Crippen LogP contribution >= 0.6 is 0 Å². The Morgan fingerprint density at radius 1 is 1.43 bits per heavy atom. The molecule has 0 unspecified atom stereocenters. The van der Waals surface area contributed by atoms with Gasteiger partial charge in [-0.25, -0.2) is 0 Å². The van der Waals surface area contributed by atoms with Gasteiger partial charge in [-0.2, -0.15) is 0 Å². The summed E-state index contributed by atoms with van der Waals surface area (Å²) < 4.78 is 5.17. The van der Waals surface area contributed by atoms with Crippen LogP contribution in [0.1, 0.15) is 40.5 Å². The van der Waals surface area contributed by atoms with Crippen molar-refractivity contribution in [3.63, 3.8) is 0 Å². The van der Waals surface area contributed by atoms with Crippen molar-refractivity contribution in [3.8, 4) is 0 Å². The van der Waals surface area contributed by atoms with Gasteiger partial charge in [0.25, 0.3) is 0 Å². The lowest BCUT2D eigenvalue weighted by Crippen LogP contribution is -2.33. The number of ether oxygens (including phenoxy) is 1. The Hall–Kier alpha value is -0.570. The number of hydrogen-bond donors (Lipinski definition) is 1. The Labute approximate surface area is 86.2 Å². The third-order valence-electron chi connectivity index (χ3n) is 2.34. The van der Waals surface area contributed by atoms with Crippen LogP contribution in [0.4, 0.5) is 0 Å². The highest BCUT2D eigenvalue weighted by Gasteiger charge is 2.36. The minimum Gasteiger partial charge on any atom is -0.459 e. The van der Waals surface area contributed by atoms with Crippen LogP contribution in [0, 0.1) is 5.41 Å². The van der Waals surface area contributed by atoms with Crippen LogP contribution in [-0.2, 0) is 9.53 Å². The Bertz CT molecular complexity index is 214. The first kappa shape index (κ1) is 11.5. The molecular formula is C11H21NO2. The molecule has 1 rings (SSSR count). The summed E-state index contributed by atoms with van der Waals surface area (Å²) in [4.78, 5) is 11.3. The second-order valence-electron chi connectivity index (χ2n) is 5.50. The summed E-state index contributed by atoms with van der Waals surface area (Å²) in [6.07, 6.45) is 2.54. The molecule has 0 heterocycles. The van der Waals surface area contributed by atoms with Gasteiger partial charge in [-0.3, -0.25) is 4.79 Å². The van der Waals surface area contributed by atoms with Crippen molar-refractivity contribution >= 4 is 5.97 Å². The highest BCUT2D eigenvalue weighted by atomic mass is 16.6. The van der Waals surface area contributed by atoms with Crippen LogP contribution < -0.4 is 5.32 Å². The highest BCUT2D eigenvalue weighted by molar-refractivity contribution is 5.72. The first-order valence-corrected chi connectivity index (χ1v) is 5.23. The standard InChI is InChI=1S/C11H21NO2/c1-10(2,3)14-9(13)7-12-8-11(4)5-6-11/h12H,5-8H2,1-4H3. The average molecular weight is 199 g/mol. The molecule has 0 bridgehead atoms. The molecule has 14 heavy (non-hydrogen) atoms. The number of carbonyl (C=O) groups excluding carboxylic acids is 1. The first-order valence-electron chi connectivity index (χ1n) is 5.23. The molecular weight excluding hydrogens is 178 g/mol. The monoisotopic (exact) mass is 199 g/mol. The van der Waals surface area contributed by atoms with E-state index in [2.05, 4.69) is 12.2 Å². The molecule has 0 amide bonds. The Kier molecular flexibility index (Phi) is 3.20. The second-order valence-corrected chi connectivity index (χ2v) is 5.50. The molecule has 3 heteroatoms. The fourth-order valence-electron chi connectivity index (χ4n) is 1.23. The van der Waals surface area contributed by atoms with E-state index in [4.69, 9.17) is 4.74 Å². The van der Waals surface area contributed by atoms with E-state index in [-0.39, 0.29) is 11.6 Å². The van der Waals surface area contributed by atoms with E-state index in [1.54, 1.807) is 0 Å². The average Bonchev–Trinajstić information content (AvgIpc) is 2.64. The Morgan fingerprint density at radius 3 is 2.43 bits per heavy atom. The van der Waals surface area contributed by atoms with Gasteiger partial charge in [-0.1, -0.05) is 6.92 Å². The van der Waals surface area contributed by atoms with Crippen LogP contribution in [0.15, 0.2) is 0 Å². The summed E-state index contributed by atoms with van der Waals surface area (Å²) in [5.41, 5.74) is 0.0737. The van der Waals surface area contributed by atoms with Gasteiger partial charge >= 0.3 is 5.97 Å². The maximum absolute atomic E-state index is 11.3. The lowest BCUT2D eigenvalue weighted by Gasteiger charge is -2.20. The number of carbonyl (C=O) groups is 1. The third kappa shape index (κ3) is 4.61. The van der Waals surface area contributed by atoms with Gasteiger partial charge in [0.15, 0.2) is 0 Å². The second kappa shape index (κ2) is 3.89. The van der Waals surface area contributed by atoms with Crippen LogP contribution in [0.3, 0.4) is 0 Å². The predicted molar refractivity (Wildman–Crippen MR) is 56.1 cm³/mol. The molecule has 0 aromatic carbocycles. The Morgan fingerprint density at radius 2 is 2.00 bits per heavy atom. The molecule has 0 spiro atoms. The SMILES string of the molecule is CC1(CNCC(=O)OC(C)(C)C)CC1. The van der Waals surface area contributed by atoms with Crippen molar-refractivity contribution < 1.29 is 9.53 Å². The zero-order valence-electron chi connectivity index (χ0n) is 9.64. The molecule has 0 aromatic heterocycles. The summed E-state index contributed by atoms with van der Waals surface area (Å²) >= 11 is 0. The van der Waals surface area contributed by atoms with E-state index in [0.29, 0.717) is 12.0 Å². The molecule has 1 aliphatic rings. The summed E-state index contributed by atoms with van der Waals surface area (Å²) in [5, 5.41) is 3.14. The van der Waals surface area contributed by atoms with E-state index in [1.807, 2.05) is 20.8 Å². The topological polar surface area (TPSA) is 38.3 Å². The van der Waals surface area contributed by atoms with E-state index >= 15 is 0 Å². The lowest BCUT2D eigenvalue weighted by atomic mass is 10.1. The van der Waals surface area contributed by atoms with Crippen LogP contribution in [0.2, 0.25) is 0 Å². The van der Waals surface area contributed by atoms with Crippen molar-refractivity contribution in [2.75, 3.05) is 13.1 Å². The van der Waals surface area contributed by atoms with E-state index in [9.17, 15) is 4.79 Å². The van der Waals surface area contributed by atoms with Gasteiger partial charge < -0.3 is 10.1 Å². The van der Waals surface area contributed by atoms with E-state index in [1.165, 1.54) is 12.8 Å². The molecule has 0 atom stereocenters. The molecule has 82 valence electrons. The number of nitrogens with one attached hydrogen (secondary N) is 1. The smallest absolute Gasteiger partial charge is 0.320 e. The summed E-state index contributed by atoms with van der Waals surface area (Å²) in [6.45, 7) is 9.13. The van der Waals surface area contributed by atoms with Gasteiger partial charge in [-0.15, -0.1) is 0 Å². The van der Waals surface area contributed by atoms with Gasteiger partial charge in [0, 0.05) is 6.54 Å².